The van der Waals surface area contributed by atoms with Crippen LogP contribution in [0.15, 0.2) is 46.2 Å². The second kappa shape index (κ2) is 9.95. The lowest BCUT2D eigenvalue weighted by molar-refractivity contribution is -0.131. The second-order valence-electron chi connectivity index (χ2n) is 8.68. The van der Waals surface area contributed by atoms with Gasteiger partial charge in [0.2, 0.25) is 15.9 Å². The van der Waals surface area contributed by atoms with Crippen molar-refractivity contribution in [3.8, 4) is 0 Å². The monoisotopic (exact) mass is 492 g/mol. The maximum atomic E-state index is 12.9. The Hall–Kier alpha value is -2.23. The number of nitrogens with one attached hydrogen (secondary N) is 1. The van der Waals surface area contributed by atoms with Gasteiger partial charge in [0.15, 0.2) is 9.84 Å². The Balaban J connectivity index is 1.57. The molecule has 1 aliphatic rings. The van der Waals surface area contributed by atoms with Crippen molar-refractivity contribution in [2.24, 2.45) is 0 Å². The number of sulfone groups is 1. The summed E-state index contributed by atoms with van der Waals surface area (Å²) in [4.78, 5) is 14.8. The third-order valence-corrected chi connectivity index (χ3v) is 10.5. The van der Waals surface area contributed by atoms with Crippen molar-refractivity contribution < 1.29 is 21.6 Å². The van der Waals surface area contributed by atoms with E-state index in [1.54, 1.807) is 49.1 Å². The van der Waals surface area contributed by atoms with Gasteiger partial charge >= 0.3 is 0 Å². The number of aryl methyl sites for hydroxylation is 2. The van der Waals surface area contributed by atoms with Gasteiger partial charge in [0.1, 0.15) is 0 Å². The van der Waals surface area contributed by atoms with E-state index in [4.69, 9.17) is 0 Å². The van der Waals surface area contributed by atoms with Gasteiger partial charge in [-0.3, -0.25) is 4.79 Å². The molecule has 33 heavy (non-hydrogen) atoms. The lowest BCUT2D eigenvalue weighted by Crippen LogP contribution is -2.43. The maximum Gasteiger partial charge on any atom is 0.241 e. The van der Waals surface area contributed by atoms with Crippen molar-refractivity contribution in [3.05, 3.63) is 58.7 Å². The molecule has 1 heterocycles. The number of benzene rings is 2. The average Bonchev–Trinajstić information content (AvgIpc) is 2.78. The zero-order chi connectivity index (χ0) is 24.4. The van der Waals surface area contributed by atoms with Crippen LogP contribution >= 0.6 is 0 Å². The minimum absolute atomic E-state index is 0.00468. The molecule has 0 aromatic heterocycles. The second-order valence-corrected chi connectivity index (χ2v) is 12.6. The minimum Gasteiger partial charge on any atom is -0.343 e. The zero-order valence-corrected chi connectivity index (χ0v) is 21.2. The molecule has 1 aliphatic heterocycles. The van der Waals surface area contributed by atoms with Crippen LogP contribution in [0.3, 0.4) is 0 Å². The van der Waals surface area contributed by atoms with Crippen LogP contribution in [0, 0.1) is 27.7 Å². The van der Waals surface area contributed by atoms with Crippen LogP contribution in [0.5, 0.6) is 0 Å². The van der Waals surface area contributed by atoms with Crippen LogP contribution in [0.2, 0.25) is 0 Å². The molecule has 0 atom stereocenters. The molecule has 1 saturated heterocycles. The number of carbonyl (C=O) groups excluding carboxylic acids is 1. The Morgan fingerprint density at radius 2 is 1.48 bits per heavy atom. The fourth-order valence-electron chi connectivity index (χ4n) is 4.32. The molecule has 180 valence electrons. The average molecular weight is 493 g/mol. The van der Waals surface area contributed by atoms with Crippen molar-refractivity contribution in [2.75, 3.05) is 19.6 Å². The lowest BCUT2D eigenvalue weighted by Gasteiger charge is -2.32. The summed E-state index contributed by atoms with van der Waals surface area (Å²) in [6.07, 6.45) is 0.767. The minimum atomic E-state index is -3.75. The number of sulfonamides is 1. The van der Waals surface area contributed by atoms with E-state index in [2.05, 4.69) is 4.72 Å². The summed E-state index contributed by atoms with van der Waals surface area (Å²) in [6.45, 7) is 8.02. The number of likely N-dealkylation sites (tertiary alicyclic amines) is 1. The number of amides is 1. The number of nitrogens with zero attached hydrogens (tertiary/aromatic N) is 1. The first kappa shape index (κ1) is 25.4. The van der Waals surface area contributed by atoms with Gasteiger partial charge in [-0.05, 0) is 74.9 Å². The summed E-state index contributed by atoms with van der Waals surface area (Å²) in [5, 5.41) is -0.516. The Morgan fingerprint density at radius 3 is 2.03 bits per heavy atom. The largest absolute Gasteiger partial charge is 0.343 e. The molecule has 0 bridgehead atoms. The quantitative estimate of drug-likeness (QED) is 0.640. The van der Waals surface area contributed by atoms with Gasteiger partial charge in [0.25, 0.3) is 0 Å². The van der Waals surface area contributed by atoms with Crippen molar-refractivity contribution in [1.82, 2.24) is 9.62 Å². The van der Waals surface area contributed by atoms with E-state index < -0.39 is 25.1 Å². The van der Waals surface area contributed by atoms with E-state index in [1.165, 1.54) is 0 Å². The van der Waals surface area contributed by atoms with Crippen LogP contribution in [0.1, 0.15) is 41.5 Å². The number of hydrogen-bond acceptors (Lipinski definition) is 5. The summed E-state index contributed by atoms with van der Waals surface area (Å²) in [7, 11) is -7.17. The molecule has 0 unspecified atom stereocenters. The highest BCUT2D eigenvalue weighted by molar-refractivity contribution is 7.92. The molecule has 2 aromatic rings. The number of hydrogen-bond donors (Lipinski definition) is 1. The molecule has 0 aliphatic carbocycles. The molecule has 7 nitrogen and oxygen atoms in total. The first-order valence-corrected chi connectivity index (χ1v) is 14.1. The third-order valence-electron chi connectivity index (χ3n) is 6.50. The highest BCUT2D eigenvalue weighted by Gasteiger charge is 2.32. The number of carbonyl (C=O) groups is 1. The predicted octanol–water partition coefficient (Wildman–Crippen LogP) is 3.05. The SMILES string of the molecule is Cc1cc(C)c(C)c(S(=O)(=O)NCCC(=O)N2CCC(S(=O)(=O)c3ccccc3)CC2)c1C. The van der Waals surface area contributed by atoms with E-state index in [0.717, 1.165) is 11.1 Å². The first-order valence-electron chi connectivity index (χ1n) is 11.1. The van der Waals surface area contributed by atoms with Gasteiger partial charge in [-0.1, -0.05) is 24.3 Å². The summed E-state index contributed by atoms with van der Waals surface area (Å²) in [5.41, 5.74) is 3.23. The molecule has 1 amide bonds. The molecule has 3 rings (SSSR count). The fraction of sp³-hybridized carbons (Fsp3) is 0.458. The summed E-state index contributed by atoms with van der Waals surface area (Å²) < 4.78 is 54.0. The van der Waals surface area contributed by atoms with Crippen molar-refractivity contribution in [2.45, 2.75) is 62.0 Å². The molecular formula is C24H32N2O5S2. The van der Waals surface area contributed by atoms with Gasteiger partial charge in [0, 0.05) is 26.1 Å². The Labute approximate surface area is 197 Å². The number of piperidine rings is 1. The van der Waals surface area contributed by atoms with Crippen LogP contribution < -0.4 is 4.72 Å². The van der Waals surface area contributed by atoms with Gasteiger partial charge < -0.3 is 4.90 Å². The molecule has 1 N–H and O–H groups in total. The molecule has 0 radical (unpaired) electrons. The van der Waals surface area contributed by atoms with E-state index in [-0.39, 0.29) is 23.8 Å². The van der Waals surface area contributed by atoms with Gasteiger partial charge in [-0.2, -0.15) is 0 Å². The zero-order valence-electron chi connectivity index (χ0n) is 19.6. The normalized spacial score (nSPS) is 15.6. The van der Waals surface area contributed by atoms with Crippen LogP contribution in [-0.4, -0.2) is 52.5 Å². The Bertz CT molecular complexity index is 1210. The van der Waals surface area contributed by atoms with E-state index in [1.807, 2.05) is 19.9 Å². The molecular weight excluding hydrogens is 460 g/mol. The first-order chi connectivity index (χ1) is 15.4. The molecule has 0 saturated carbocycles. The third kappa shape index (κ3) is 5.47. The van der Waals surface area contributed by atoms with Crippen molar-refractivity contribution in [3.63, 3.8) is 0 Å². The van der Waals surface area contributed by atoms with Gasteiger partial charge in [-0.15, -0.1) is 0 Å². The summed E-state index contributed by atoms with van der Waals surface area (Å²) >= 11 is 0. The van der Waals surface area contributed by atoms with Crippen molar-refractivity contribution in [1.29, 1.82) is 0 Å². The molecule has 9 heteroatoms. The Kier molecular flexibility index (Phi) is 7.65. The lowest BCUT2D eigenvalue weighted by atomic mass is 10.0. The highest BCUT2D eigenvalue weighted by Crippen LogP contribution is 2.26. The fourth-order valence-corrected chi connectivity index (χ4v) is 7.72. The van der Waals surface area contributed by atoms with E-state index in [9.17, 15) is 21.6 Å². The smallest absolute Gasteiger partial charge is 0.241 e. The molecule has 0 spiro atoms. The van der Waals surface area contributed by atoms with E-state index in [0.29, 0.717) is 42.0 Å². The summed E-state index contributed by atoms with van der Waals surface area (Å²) in [6, 6.07) is 10.3. The van der Waals surface area contributed by atoms with Crippen molar-refractivity contribution >= 4 is 25.8 Å². The van der Waals surface area contributed by atoms with Gasteiger partial charge in [-0.25, -0.2) is 21.6 Å². The van der Waals surface area contributed by atoms with Crippen LogP contribution in [-0.2, 0) is 24.7 Å². The van der Waals surface area contributed by atoms with E-state index >= 15 is 0 Å². The summed E-state index contributed by atoms with van der Waals surface area (Å²) in [5.74, 6) is -0.179. The van der Waals surface area contributed by atoms with Crippen LogP contribution in [0.25, 0.3) is 0 Å². The maximum absolute atomic E-state index is 12.9. The topological polar surface area (TPSA) is 101 Å². The standard InChI is InChI=1S/C24H32N2O5S2/c1-17-16-18(2)20(4)24(19(17)3)33(30,31)25-13-10-23(27)26-14-11-22(12-15-26)32(28,29)21-8-6-5-7-9-21/h5-9,16,22,25H,10-15H2,1-4H3. The highest BCUT2D eigenvalue weighted by atomic mass is 32.2. The molecule has 1 fully saturated rings. The Morgan fingerprint density at radius 1 is 0.939 bits per heavy atom. The van der Waals surface area contributed by atoms with Gasteiger partial charge in [0.05, 0.1) is 15.0 Å². The molecule has 2 aromatic carbocycles. The van der Waals surface area contributed by atoms with Crippen LogP contribution in [0.4, 0.5) is 0 Å². The predicted molar refractivity (Wildman–Crippen MR) is 128 cm³/mol. The number of rotatable bonds is 7.